The van der Waals surface area contributed by atoms with Crippen LogP contribution in [0.25, 0.3) is 11.0 Å². The van der Waals surface area contributed by atoms with E-state index in [-0.39, 0.29) is 11.4 Å². The molecule has 3 rings (SSSR count). The largest absolute Gasteiger partial charge is 0.379 e. The van der Waals surface area contributed by atoms with Gasteiger partial charge in [0.25, 0.3) is 0 Å². The molecule has 0 amide bonds. The Bertz CT molecular complexity index is 625. The molecule has 3 nitrogen and oxygen atoms in total. The van der Waals surface area contributed by atoms with E-state index >= 15 is 0 Å². The van der Waals surface area contributed by atoms with Crippen molar-refractivity contribution in [3.05, 3.63) is 29.6 Å². The number of fused-ring (bicyclic) bond motifs is 1. The van der Waals surface area contributed by atoms with Gasteiger partial charge in [-0.25, -0.2) is 13.8 Å². The summed E-state index contributed by atoms with van der Waals surface area (Å²) in [6.07, 6.45) is 2.45. The number of benzene rings is 1. The Kier molecular flexibility index (Phi) is 3.89. The molecule has 1 aromatic carbocycles. The topological polar surface area (TPSA) is 27.1 Å². The zero-order valence-electron chi connectivity index (χ0n) is 10.9. The Hall–Kier alpha value is -1.20. The molecule has 0 spiro atoms. The summed E-state index contributed by atoms with van der Waals surface area (Å²) in [4.78, 5) is 4.23. The predicted octanol–water partition coefficient (Wildman–Crippen LogP) is 3.48. The van der Waals surface area contributed by atoms with E-state index in [0.717, 1.165) is 12.7 Å². The van der Waals surface area contributed by atoms with Crippen molar-refractivity contribution >= 4 is 22.6 Å². The van der Waals surface area contributed by atoms with Gasteiger partial charge < -0.3 is 9.30 Å². The number of rotatable bonds is 6. The van der Waals surface area contributed by atoms with Crippen molar-refractivity contribution in [2.24, 2.45) is 5.92 Å². The van der Waals surface area contributed by atoms with Gasteiger partial charge in [-0.3, -0.25) is 0 Å². The van der Waals surface area contributed by atoms with E-state index in [0.29, 0.717) is 30.4 Å². The number of imidazole rings is 1. The maximum Gasteiger partial charge on any atom is 0.184 e. The average Bonchev–Trinajstić information content (AvgIpc) is 3.20. The second kappa shape index (κ2) is 5.66. The molecule has 0 bridgehead atoms. The van der Waals surface area contributed by atoms with Crippen molar-refractivity contribution in [1.82, 2.24) is 9.55 Å². The van der Waals surface area contributed by atoms with Gasteiger partial charge in [0.2, 0.25) is 0 Å². The number of alkyl halides is 1. The third kappa shape index (κ3) is 2.65. The second-order valence-corrected chi connectivity index (χ2v) is 5.33. The highest BCUT2D eigenvalue weighted by molar-refractivity contribution is 6.16. The fraction of sp³-hybridized carbons (Fsp3) is 0.500. The molecule has 6 heteroatoms. The van der Waals surface area contributed by atoms with E-state index < -0.39 is 11.6 Å². The SMILES string of the molecule is Fc1ccc2nc(CCl)n(CCOCC3CC3)c2c1F. The van der Waals surface area contributed by atoms with Gasteiger partial charge in [-0.05, 0) is 30.9 Å². The zero-order chi connectivity index (χ0) is 14.1. The molecule has 1 aliphatic rings. The number of aromatic nitrogens is 2. The summed E-state index contributed by atoms with van der Waals surface area (Å²) in [6, 6.07) is 2.54. The van der Waals surface area contributed by atoms with Crippen LogP contribution in [-0.4, -0.2) is 22.8 Å². The van der Waals surface area contributed by atoms with Crippen LogP contribution < -0.4 is 0 Å². The molecular formula is C14H15ClF2N2O. The van der Waals surface area contributed by atoms with Crippen LogP contribution in [0.2, 0.25) is 0 Å². The summed E-state index contributed by atoms with van der Waals surface area (Å²) >= 11 is 5.83. The van der Waals surface area contributed by atoms with E-state index in [9.17, 15) is 8.78 Å². The molecule has 0 unspecified atom stereocenters. The van der Waals surface area contributed by atoms with Crippen LogP contribution >= 0.6 is 11.6 Å². The summed E-state index contributed by atoms with van der Waals surface area (Å²) in [5, 5.41) is 0. The van der Waals surface area contributed by atoms with E-state index in [2.05, 4.69) is 4.98 Å². The summed E-state index contributed by atoms with van der Waals surface area (Å²) in [7, 11) is 0. The normalized spacial score (nSPS) is 15.2. The number of hydrogen-bond acceptors (Lipinski definition) is 2. The molecule has 1 saturated carbocycles. The smallest absolute Gasteiger partial charge is 0.184 e. The molecule has 2 aromatic rings. The van der Waals surface area contributed by atoms with E-state index in [1.807, 2.05) is 0 Å². The van der Waals surface area contributed by atoms with Crippen molar-refractivity contribution in [3.8, 4) is 0 Å². The number of nitrogens with zero attached hydrogens (tertiary/aromatic N) is 2. The average molecular weight is 301 g/mol. The van der Waals surface area contributed by atoms with E-state index in [4.69, 9.17) is 16.3 Å². The van der Waals surface area contributed by atoms with Crippen molar-refractivity contribution in [1.29, 1.82) is 0 Å². The molecule has 108 valence electrons. The van der Waals surface area contributed by atoms with E-state index in [1.165, 1.54) is 18.9 Å². The number of ether oxygens (including phenoxy) is 1. The van der Waals surface area contributed by atoms with Gasteiger partial charge in [0.15, 0.2) is 11.6 Å². The van der Waals surface area contributed by atoms with Gasteiger partial charge in [0.1, 0.15) is 11.3 Å². The van der Waals surface area contributed by atoms with Gasteiger partial charge in [0.05, 0.1) is 18.0 Å². The Morgan fingerprint density at radius 3 is 2.85 bits per heavy atom. The van der Waals surface area contributed by atoms with E-state index in [1.54, 1.807) is 4.57 Å². The number of halogens is 3. The van der Waals surface area contributed by atoms with Gasteiger partial charge in [-0.2, -0.15) is 0 Å². The number of hydrogen-bond donors (Lipinski definition) is 0. The third-order valence-corrected chi connectivity index (χ3v) is 3.75. The minimum absolute atomic E-state index is 0.151. The van der Waals surface area contributed by atoms with Crippen LogP contribution in [0.15, 0.2) is 12.1 Å². The Labute approximate surface area is 120 Å². The zero-order valence-corrected chi connectivity index (χ0v) is 11.7. The Morgan fingerprint density at radius 2 is 2.15 bits per heavy atom. The highest BCUT2D eigenvalue weighted by atomic mass is 35.5. The lowest BCUT2D eigenvalue weighted by molar-refractivity contribution is 0.117. The van der Waals surface area contributed by atoms with Crippen LogP contribution in [0.3, 0.4) is 0 Å². The summed E-state index contributed by atoms with van der Waals surface area (Å²) in [5.41, 5.74) is 0.581. The first-order chi connectivity index (χ1) is 9.70. The van der Waals surface area contributed by atoms with Crippen molar-refractivity contribution in [2.75, 3.05) is 13.2 Å². The Balaban J connectivity index is 1.83. The van der Waals surface area contributed by atoms with Crippen LogP contribution in [0.5, 0.6) is 0 Å². The van der Waals surface area contributed by atoms with Gasteiger partial charge >= 0.3 is 0 Å². The first-order valence-corrected chi connectivity index (χ1v) is 7.21. The second-order valence-electron chi connectivity index (χ2n) is 5.06. The lowest BCUT2D eigenvalue weighted by Gasteiger charge is -2.09. The minimum Gasteiger partial charge on any atom is -0.379 e. The van der Waals surface area contributed by atoms with Crippen LogP contribution in [0.1, 0.15) is 18.7 Å². The molecule has 0 atom stereocenters. The van der Waals surface area contributed by atoms with Gasteiger partial charge in [-0.15, -0.1) is 11.6 Å². The highest BCUT2D eigenvalue weighted by Crippen LogP contribution is 2.29. The maximum absolute atomic E-state index is 13.9. The lowest BCUT2D eigenvalue weighted by atomic mass is 10.3. The molecule has 0 radical (unpaired) electrons. The summed E-state index contributed by atoms with van der Waals surface area (Å²) in [6.45, 7) is 1.60. The molecule has 1 fully saturated rings. The molecule has 20 heavy (non-hydrogen) atoms. The monoisotopic (exact) mass is 300 g/mol. The molecule has 1 aromatic heterocycles. The molecule has 0 N–H and O–H groups in total. The first-order valence-electron chi connectivity index (χ1n) is 6.67. The van der Waals surface area contributed by atoms with Crippen LogP contribution in [0.4, 0.5) is 8.78 Å². The molecule has 1 heterocycles. The molecular weight excluding hydrogens is 286 g/mol. The van der Waals surface area contributed by atoms with Crippen LogP contribution in [0, 0.1) is 17.6 Å². The van der Waals surface area contributed by atoms with Crippen molar-refractivity contribution in [3.63, 3.8) is 0 Å². The minimum atomic E-state index is -0.881. The summed E-state index contributed by atoms with van der Waals surface area (Å²) in [5.74, 6) is -0.400. The molecule has 0 aliphatic heterocycles. The fourth-order valence-electron chi connectivity index (χ4n) is 2.24. The third-order valence-electron chi connectivity index (χ3n) is 3.51. The van der Waals surface area contributed by atoms with Crippen molar-refractivity contribution < 1.29 is 13.5 Å². The first kappa shape index (κ1) is 13.8. The predicted molar refractivity (Wildman–Crippen MR) is 72.7 cm³/mol. The molecule has 0 saturated heterocycles. The quantitative estimate of drug-likeness (QED) is 0.603. The molecule has 1 aliphatic carbocycles. The lowest BCUT2D eigenvalue weighted by Crippen LogP contribution is -2.10. The standard InChI is InChI=1S/C14H15ClF2N2O/c15-7-12-18-11-4-3-10(16)13(17)14(11)19(12)5-6-20-8-9-1-2-9/h3-4,9H,1-2,5-8H2. The van der Waals surface area contributed by atoms with Crippen LogP contribution in [-0.2, 0) is 17.2 Å². The van der Waals surface area contributed by atoms with Gasteiger partial charge in [-0.1, -0.05) is 0 Å². The van der Waals surface area contributed by atoms with Gasteiger partial charge in [0, 0.05) is 13.2 Å². The maximum atomic E-state index is 13.9. The fourth-order valence-corrected chi connectivity index (χ4v) is 2.44. The highest BCUT2D eigenvalue weighted by Gasteiger charge is 2.21. The Morgan fingerprint density at radius 1 is 1.35 bits per heavy atom. The summed E-state index contributed by atoms with van der Waals surface area (Å²) < 4.78 is 34.4. The van der Waals surface area contributed by atoms with Crippen molar-refractivity contribution in [2.45, 2.75) is 25.3 Å².